The number of nitrogens with one attached hydrogen (secondary N) is 1. The van der Waals surface area contributed by atoms with Crippen LogP contribution in [0.4, 0.5) is 5.69 Å². The molecule has 0 saturated carbocycles. The molecule has 4 N–H and O–H groups in total. The number of benzene rings is 1. The molecule has 0 radical (unpaired) electrons. The quantitative estimate of drug-likeness (QED) is 0.616. The van der Waals surface area contributed by atoms with E-state index in [1.807, 2.05) is 32.0 Å². The summed E-state index contributed by atoms with van der Waals surface area (Å²) in [5.74, 6) is 0. The molecule has 0 aromatic heterocycles. The number of aliphatic hydroxyl groups excluding tert-OH is 3. The largest absolute Gasteiger partial charge is 0.394 e. The highest BCUT2D eigenvalue weighted by atomic mass is 16.6. The van der Waals surface area contributed by atoms with E-state index >= 15 is 0 Å². The minimum atomic E-state index is -1.07. The van der Waals surface area contributed by atoms with Gasteiger partial charge in [-0.05, 0) is 37.1 Å². The number of anilines is 1. The zero-order chi connectivity index (χ0) is 13.3. The highest BCUT2D eigenvalue weighted by molar-refractivity contribution is 5.48. The van der Waals surface area contributed by atoms with E-state index in [-0.39, 0.29) is 6.61 Å². The number of rotatable bonds is 3. The number of hydrogen-bond donors (Lipinski definition) is 4. The van der Waals surface area contributed by atoms with Gasteiger partial charge in [-0.25, -0.2) is 0 Å². The third-order valence-electron chi connectivity index (χ3n) is 3.36. The molecule has 1 fully saturated rings. The Balaban J connectivity index is 2.07. The Kier molecular flexibility index (Phi) is 3.87. The molecule has 1 aromatic rings. The van der Waals surface area contributed by atoms with E-state index in [4.69, 9.17) is 9.84 Å². The minimum Gasteiger partial charge on any atom is -0.394 e. The average molecular weight is 253 g/mol. The average Bonchev–Trinajstić information content (AvgIpc) is 2.62. The van der Waals surface area contributed by atoms with Crippen LogP contribution < -0.4 is 5.32 Å². The van der Waals surface area contributed by atoms with Crippen molar-refractivity contribution in [1.82, 2.24) is 0 Å². The Hall–Kier alpha value is -1.14. The fraction of sp³-hybridized carbons (Fsp3) is 0.538. The van der Waals surface area contributed by atoms with Gasteiger partial charge >= 0.3 is 0 Å². The fourth-order valence-electron chi connectivity index (χ4n) is 2.01. The van der Waals surface area contributed by atoms with E-state index in [1.54, 1.807) is 0 Å². The third kappa shape index (κ3) is 2.49. The van der Waals surface area contributed by atoms with Gasteiger partial charge in [0.15, 0.2) is 6.23 Å². The summed E-state index contributed by atoms with van der Waals surface area (Å²) in [5.41, 5.74) is 3.13. The van der Waals surface area contributed by atoms with Crippen LogP contribution in [0.25, 0.3) is 0 Å². The van der Waals surface area contributed by atoms with Crippen molar-refractivity contribution in [2.75, 3.05) is 11.9 Å². The first-order chi connectivity index (χ1) is 8.52. The van der Waals surface area contributed by atoms with Crippen molar-refractivity contribution in [3.8, 4) is 0 Å². The van der Waals surface area contributed by atoms with Gasteiger partial charge in [0.25, 0.3) is 0 Å². The maximum atomic E-state index is 9.80. The van der Waals surface area contributed by atoms with Gasteiger partial charge in [-0.15, -0.1) is 0 Å². The molecule has 1 aromatic carbocycles. The lowest BCUT2D eigenvalue weighted by Crippen LogP contribution is -2.36. The number of aryl methyl sites for hydroxylation is 2. The van der Waals surface area contributed by atoms with Gasteiger partial charge in [-0.3, -0.25) is 0 Å². The van der Waals surface area contributed by atoms with Gasteiger partial charge in [0.2, 0.25) is 0 Å². The van der Waals surface area contributed by atoms with Crippen LogP contribution in [0.15, 0.2) is 18.2 Å². The molecule has 18 heavy (non-hydrogen) atoms. The van der Waals surface area contributed by atoms with Crippen molar-refractivity contribution >= 4 is 5.69 Å². The molecule has 1 aliphatic rings. The van der Waals surface area contributed by atoms with Gasteiger partial charge in [0, 0.05) is 5.69 Å². The molecule has 0 unspecified atom stereocenters. The predicted octanol–water partition coefficient (Wildman–Crippen LogP) is 0.154. The molecule has 0 amide bonds. The van der Waals surface area contributed by atoms with Gasteiger partial charge < -0.3 is 25.4 Å². The Labute approximate surface area is 106 Å². The van der Waals surface area contributed by atoms with Gasteiger partial charge in [0.1, 0.15) is 18.3 Å². The van der Waals surface area contributed by atoms with E-state index < -0.39 is 24.5 Å². The summed E-state index contributed by atoms with van der Waals surface area (Å²) in [4.78, 5) is 0. The Morgan fingerprint density at radius 2 is 1.89 bits per heavy atom. The highest BCUT2D eigenvalue weighted by Gasteiger charge is 2.42. The van der Waals surface area contributed by atoms with Crippen molar-refractivity contribution in [3.63, 3.8) is 0 Å². The molecule has 5 heteroatoms. The van der Waals surface area contributed by atoms with E-state index in [9.17, 15) is 10.2 Å². The monoisotopic (exact) mass is 253 g/mol. The van der Waals surface area contributed by atoms with Crippen molar-refractivity contribution in [2.24, 2.45) is 0 Å². The summed E-state index contributed by atoms with van der Waals surface area (Å²) < 4.78 is 5.35. The Morgan fingerprint density at radius 3 is 2.44 bits per heavy atom. The first-order valence-electron chi connectivity index (χ1n) is 5.99. The lowest BCUT2D eigenvalue weighted by Gasteiger charge is -2.18. The van der Waals surface area contributed by atoms with Crippen LogP contribution in [0.1, 0.15) is 11.1 Å². The summed E-state index contributed by atoms with van der Waals surface area (Å²) in [6.07, 6.45) is -3.58. The maximum Gasteiger partial charge on any atom is 0.157 e. The first-order valence-corrected chi connectivity index (χ1v) is 5.99. The fourth-order valence-corrected chi connectivity index (χ4v) is 2.01. The predicted molar refractivity (Wildman–Crippen MR) is 67.3 cm³/mol. The molecule has 100 valence electrons. The minimum absolute atomic E-state index is 0.316. The molecular formula is C13H19NO4. The second-order valence-electron chi connectivity index (χ2n) is 4.70. The van der Waals surface area contributed by atoms with E-state index in [0.717, 1.165) is 11.3 Å². The molecule has 1 aliphatic heterocycles. The normalized spacial score (nSPS) is 31.6. The van der Waals surface area contributed by atoms with Gasteiger partial charge in [-0.1, -0.05) is 6.07 Å². The van der Waals surface area contributed by atoms with Crippen molar-refractivity contribution < 1.29 is 20.1 Å². The van der Waals surface area contributed by atoms with Crippen LogP contribution in [-0.2, 0) is 4.74 Å². The van der Waals surface area contributed by atoms with Gasteiger partial charge in [-0.2, -0.15) is 0 Å². The van der Waals surface area contributed by atoms with E-state index in [2.05, 4.69) is 5.32 Å². The standard InChI is InChI=1S/C13H19NO4/c1-7-3-4-9(5-8(7)2)14-13-12(17)11(16)10(6-15)18-13/h3-5,10-17H,6H2,1-2H3/t10-,11-,12-,13+/m1/s1. The molecule has 2 rings (SSSR count). The molecule has 1 saturated heterocycles. The molecule has 0 bridgehead atoms. The summed E-state index contributed by atoms with van der Waals surface area (Å²) in [7, 11) is 0. The van der Waals surface area contributed by atoms with Crippen molar-refractivity contribution in [3.05, 3.63) is 29.3 Å². The Morgan fingerprint density at radius 1 is 1.17 bits per heavy atom. The summed E-state index contributed by atoms with van der Waals surface area (Å²) >= 11 is 0. The maximum absolute atomic E-state index is 9.80. The second kappa shape index (κ2) is 5.24. The van der Waals surface area contributed by atoms with Crippen molar-refractivity contribution in [1.29, 1.82) is 0 Å². The lowest BCUT2D eigenvalue weighted by molar-refractivity contribution is -0.0153. The van der Waals surface area contributed by atoms with Crippen LogP contribution in [0.5, 0.6) is 0 Å². The smallest absolute Gasteiger partial charge is 0.157 e. The number of hydrogen-bond acceptors (Lipinski definition) is 5. The number of ether oxygens (including phenoxy) is 1. The Bertz CT molecular complexity index is 423. The topological polar surface area (TPSA) is 82.0 Å². The zero-order valence-electron chi connectivity index (χ0n) is 10.5. The van der Waals surface area contributed by atoms with E-state index in [1.165, 1.54) is 5.56 Å². The first kappa shape index (κ1) is 13.3. The third-order valence-corrected chi connectivity index (χ3v) is 3.36. The number of aliphatic hydroxyl groups is 3. The summed E-state index contributed by atoms with van der Waals surface area (Å²) in [6, 6.07) is 5.81. The van der Waals surface area contributed by atoms with Crippen LogP contribution in [0, 0.1) is 13.8 Å². The SMILES string of the molecule is Cc1ccc(N[C@H]2O[C@H](CO)[C@@H](O)[C@H]2O)cc1C. The summed E-state index contributed by atoms with van der Waals surface area (Å²) in [6.45, 7) is 3.70. The zero-order valence-corrected chi connectivity index (χ0v) is 10.5. The highest BCUT2D eigenvalue weighted by Crippen LogP contribution is 2.23. The van der Waals surface area contributed by atoms with Crippen LogP contribution in [-0.4, -0.2) is 46.5 Å². The molecule has 0 aliphatic carbocycles. The van der Waals surface area contributed by atoms with Crippen LogP contribution in [0.3, 0.4) is 0 Å². The van der Waals surface area contributed by atoms with Crippen molar-refractivity contribution in [2.45, 2.75) is 38.4 Å². The molecule has 5 nitrogen and oxygen atoms in total. The lowest BCUT2D eigenvalue weighted by atomic mass is 10.1. The molecular weight excluding hydrogens is 234 g/mol. The van der Waals surface area contributed by atoms with E-state index in [0.29, 0.717) is 0 Å². The van der Waals surface area contributed by atoms with Crippen LogP contribution >= 0.6 is 0 Å². The molecule has 1 heterocycles. The molecule has 0 spiro atoms. The van der Waals surface area contributed by atoms with Crippen LogP contribution in [0.2, 0.25) is 0 Å². The molecule has 4 atom stereocenters. The second-order valence-corrected chi connectivity index (χ2v) is 4.70. The summed E-state index contributed by atoms with van der Waals surface area (Å²) in [5, 5.41) is 31.4. The van der Waals surface area contributed by atoms with Gasteiger partial charge in [0.05, 0.1) is 6.61 Å².